The maximum atomic E-state index is 10.5. The summed E-state index contributed by atoms with van der Waals surface area (Å²) in [5.41, 5.74) is 3.50. The van der Waals surface area contributed by atoms with Crippen molar-refractivity contribution in [2.45, 2.75) is 33.2 Å². The van der Waals surface area contributed by atoms with Crippen LogP contribution in [0.4, 0.5) is 0 Å². The zero-order chi connectivity index (χ0) is 14.4. The molecular formula is C15H23NO3. The second-order valence-corrected chi connectivity index (χ2v) is 5.01. The van der Waals surface area contributed by atoms with E-state index in [1.165, 1.54) is 5.56 Å². The van der Waals surface area contributed by atoms with E-state index in [-0.39, 0.29) is 6.42 Å². The summed E-state index contributed by atoms with van der Waals surface area (Å²) >= 11 is 0. The van der Waals surface area contributed by atoms with Crippen molar-refractivity contribution in [3.63, 3.8) is 0 Å². The number of rotatable bonds is 7. The van der Waals surface area contributed by atoms with E-state index >= 15 is 0 Å². The molecule has 0 bridgehead atoms. The molecule has 0 aliphatic rings. The fraction of sp³-hybridized carbons (Fsp3) is 0.533. The number of aryl methyl sites for hydroxylation is 2. The summed E-state index contributed by atoms with van der Waals surface area (Å²) in [5, 5.41) is 8.63. The van der Waals surface area contributed by atoms with Gasteiger partial charge in [-0.2, -0.15) is 0 Å². The van der Waals surface area contributed by atoms with Gasteiger partial charge in [0.05, 0.1) is 7.11 Å². The summed E-state index contributed by atoms with van der Waals surface area (Å²) in [7, 11) is 3.69. The molecule has 0 radical (unpaired) electrons. The number of hydrogen-bond donors (Lipinski definition) is 1. The normalized spacial score (nSPS) is 10.8. The summed E-state index contributed by atoms with van der Waals surface area (Å²) in [6, 6.07) is 4.23. The fourth-order valence-electron chi connectivity index (χ4n) is 2.32. The number of carboxylic acids is 1. The molecule has 0 aromatic heterocycles. The van der Waals surface area contributed by atoms with Crippen molar-refractivity contribution < 1.29 is 14.6 Å². The Labute approximate surface area is 115 Å². The third kappa shape index (κ3) is 4.91. The van der Waals surface area contributed by atoms with Crippen molar-refractivity contribution in [1.82, 2.24) is 4.90 Å². The van der Waals surface area contributed by atoms with Crippen LogP contribution in [-0.2, 0) is 11.3 Å². The number of carboxylic acid groups (broad SMARTS) is 1. The molecule has 106 valence electrons. The van der Waals surface area contributed by atoms with Crippen LogP contribution in [0, 0.1) is 13.8 Å². The Hall–Kier alpha value is -1.55. The van der Waals surface area contributed by atoms with Gasteiger partial charge in [-0.05, 0) is 39.4 Å². The Kier molecular flexibility index (Phi) is 5.83. The molecule has 19 heavy (non-hydrogen) atoms. The molecule has 4 nitrogen and oxygen atoms in total. The highest BCUT2D eigenvalue weighted by atomic mass is 16.5. The minimum Gasteiger partial charge on any atom is -0.496 e. The van der Waals surface area contributed by atoms with E-state index in [0.717, 1.165) is 30.0 Å². The van der Waals surface area contributed by atoms with Gasteiger partial charge in [-0.1, -0.05) is 17.7 Å². The first-order valence-electron chi connectivity index (χ1n) is 6.48. The number of methoxy groups -OCH3 is 1. The number of nitrogens with zero attached hydrogens (tertiary/aromatic N) is 1. The van der Waals surface area contributed by atoms with Gasteiger partial charge in [-0.15, -0.1) is 0 Å². The van der Waals surface area contributed by atoms with E-state index in [2.05, 4.69) is 24.0 Å². The van der Waals surface area contributed by atoms with Crippen LogP contribution in [0.1, 0.15) is 29.5 Å². The van der Waals surface area contributed by atoms with E-state index in [1.54, 1.807) is 7.11 Å². The number of benzene rings is 1. The smallest absolute Gasteiger partial charge is 0.303 e. The first-order valence-corrected chi connectivity index (χ1v) is 6.48. The summed E-state index contributed by atoms with van der Waals surface area (Å²) in [4.78, 5) is 12.6. The zero-order valence-electron chi connectivity index (χ0n) is 12.2. The summed E-state index contributed by atoms with van der Waals surface area (Å²) in [6.45, 7) is 5.65. The molecule has 0 fully saturated rings. The number of ether oxygens (including phenoxy) is 1. The lowest BCUT2D eigenvalue weighted by Crippen LogP contribution is -2.20. The first-order chi connectivity index (χ1) is 8.93. The van der Waals surface area contributed by atoms with Crippen LogP contribution in [0.2, 0.25) is 0 Å². The van der Waals surface area contributed by atoms with Crippen LogP contribution in [0.25, 0.3) is 0 Å². The largest absolute Gasteiger partial charge is 0.496 e. The maximum Gasteiger partial charge on any atom is 0.303 e. The molecule has 0 amide bonds. The predicted molar refractivity (Wildman–Crippen MR) is 75.7 cm³/mol. The number of carbonyl (C=O) groups is 1. The minimum atomic E-state index is -0.739. The lowest BCUT2D eigenvalue weighted by atomic mass is 10.0. The molecule has 4 heteroatoms. The molecule has 1 aromatic carbocycles. The Morgan fingerprint density at radius 1 is 1.37 bits per heavy atom. The van der Waals surface area contributed by atoms with E-state index in [1.807, 2.05) is 14.0 Å². The Bertz CT molecular complexity index is 443. The third-order valence-electron chi connectivity index (χ3n) is 3.07. The molecule has 1 aromatic rings. The molecule has 0 spiro atoms. The van der Waals surface area contributed by atoms with Crippen molar-refractivity contribution in [2.75, 3.05) is 20.7 Å². The fourth-order valence-corrected chi connectivity index (χ4v) is 2.32. The first kappa shape index (κ1) is 15.5. The van der Waals surface area contributed by atoms with Crippen LogP contribution in [0.3, 0.4) is 0 Å². The highest BCUT2D eigenvalue weighted by molar-refractivity contribution is 5.66. The monoisotopic (exact) mass is 265 g/mol. The van der Waals surface area contributed by atoms with Crippen molar-refractivity contribution >= 4 is 5.97 Å². The third-order valence-corrected chi connectivity index (χ3v) is 3.07. The van der Waals surface area contributed by atoms with E-state index in [0.29, 0.717) is 6.42 Å². The minimum absolute atomic E-state index is 0.217. The molecule has 0 atom stereocenters. The van der Waals surface area contributed by atoms with E-state index in [9.17, 15) is 4.79 Å². The second kappa shape index (κ2) is 7.14. The Morgan fingerprint density at radius 3 is 2.63 bits per heavy atom. The van der Waals surface area contributed by atoms with Crippen molar-refractivity contribution in [1.29, 1.82) is 0 Å². The molecule has 0 aliphatic carbocycles. The zero-order valence-corrected chi connectivity index (χ0v) is 12.2. The second-order valence-electron chi connectivity index (χ2n) is 5.01. The average molecular weight is 265 g/mol. The van der Waals surface area contributed by atoms with Gasteiger partial charge in [-0.25, -0.2) is 0 Å². The van der Waals surface area contributed by atoms with Crippen LogP contribution in [0.5, 0.6) is 5.75 Å². The molecule has 0 aliphatic heterocycles. The van der Waals surface area contributed by atoms with Crippen LogP contribution in [0.15, 0.2) is 12.1 Å². The lowest BCUT2D eigenvalue weighted by Gasteiger charge is -2.19. The van der Waals surface area contributed by atoms with Gasteiger partial charge in [-0.3, -0.25) is 4.79 Å². The maximum absolute atomic E-state index is 10.5. The molecule has 0 saturated carbocycles. The van der Waals surface area contributed by atoms with Crippen molar-refractivity contribution in [3.05, 3.63) is 28.8 Å². The van der Waals surface area contributed by atoms with Gasteiger partial charge in [0.15, 0.2) is 0 Å². The van der Waals surface area contributed by atoms with Crippen LogP contribution >= 0.6 is 0 Å². The highest BCUT2D eigenvalue weighted by Gasteiger charge is 2.10. The van der Waals surface area contributed by atoms with Crippen molar-refractivity contribution in [2.24, 2.45) is 0 Å². The number of aliphatic carboxylic acids is 1. The molecule has 0 unspecified atom stereocenters. The Morgan fingerprint density at radius 2 is 2.05 bits per heavy atom. The summed E-state index contributed by atoms with van der Waals surface area (Å²) in [5.74, 6) is 0.188. The molecule has 0 heterocycles. The quantitative estimate of drug-likeness (QED) is 0.823. The predicted octanol–water partition coefficient (Wildman–Crippen LogP) is 2.61. The SMILES string of the molecule is COc1c(C)cc(C)cc1CN(C)CCCC(=O)O. The lowest BCUT2D eigenvalue weighted by molar-refractivity contribution is -0.137. The van der Waals surface area contributed by atoms with Crippen LogP contribution in [-0.4, -0.2) is 36.7 Å². The summed E-state index contributed by atoms with van der Waals surface area (Å²) < 4.78 is 5.45. The Balaban J connectivity index is 2.67. The molecular weight excluding hydrogens is 242 g/mol. The van der Waals surface area contributed by atoms with Gasteiger partial charge in [0.1, 0.15) is 5.75 Å². The van der Waals surface area contributed by atoms with Crippen molar-refractivity contribution in [3.8, 4) is 5.75 Å². The van der Waals surface area contributed by atoms with Gasteiger partial charge < -0.3 is 14.7 Å². The number of hydrogen-bond acceptors (Lipinski definition) is 3. The van der Waals surface area contributed by atoms with Gasteiger partial charge in [0, 0.05) is 18.5 Å². The molecule has 0 saturated heterocycles. The highest BCUT2D eigenvalue weighted by Crippen LogP contribution is 2.26. The average Bonchev–Trinajstić information content (AvgIpc) is 2.27. The topological polar surface area (TPSA) is 49.8 Å². The van der Waals surface area contributed by atoms with E-state index in [4.69, 9.17) is 9.84 Å². The van der Waals surface area contributed by atoms with Gasteiger partial charge >= 0.3 is 5.97 Å². The van der Waals surface area contributed by atoms with Gasteiger partial charge in [0.25, 0.3) is 0 Å². The van der Waals surface area contributed by atoms with Crippen LogP contribution < -0.4 is 4.74 Å². The summed E-state index contributed by atoms with van der Waals surface area (Å²) in [6.07, 6.45) is 0.882. The standard InChI is InChI=1S/C15H23NO3/c1-11-8-12(2)15(19-4)13(9-11)10-16(3)7-5-6-14(17)18/h8-9H,5-7,10H2,1-4H3,(H,17,18). The molecule has 1 rings (SSSR count). The van der Waals surface area contributed by atoms with E-state index < -0.39 is 5.97 Å². The molecule has 1 N–H and O–H groups in total. The van der Waals surface area contributed by atoms with Gasteiger partial charge in [0.2, 0.25) is 0 Å².